The van der Waals surface area contributed by atoms with Crippen LogP contribution >= 0.6 is 45.2 Å². The van der Waals surface area contributed by atoms with Gasteiger partial charge in [-0.15, -0.1) is 0 Å². The highest BCUT2D eigenvalue weighted by Crippen LogP contribution is 2.25. The van der Waals surface area contributed by atoms with Crippen molar-refractivity contribution in [2.75, 3.05) is 7.11 Å². The fourth-order valence-corrected chi connectivity index (χ4v) is 3.99. The fraction of sp³-hybridized carbons (Fsp3) is 0.133. The van der Waals surface area contributed by atoms with Gasteiger partial charge in [0, 0.05) is 7.14 Å². The molecule has 0 aliphatic carbocycles. The smallest absolute Gasteiger partial charge is 0.335 e. The predicted octanol–water partition coefficient (Wildman–Crippen LogP) is 4.19. The number of ether oxygens (including phenoxy) is 1. The summed E-state index contributed by atoms with van der Waals surface area (Å²) in [5.41, 5.74) is 2.66. The van der Waals surface area contributed by atoms with Crippen LogP contribution in [0.4, 0.5) is 0 Å². The summed E-state index contributed by atoms with van der Waals surface area (Å²) < 4.78 is 7.09. The molecule has 5 heteroatoms. The quantitative estimate of drug-likeness (QED) is 0.649. The monoisotopic (exact) mass is 494 g/mol. The van der Waals surface area contributed by atoms with Crippen molar-refractivity contribution in [3.8, 4) is 5.75 Å². The van der Waals surface area contributed by atoms with Crippen molar-refractivity contribution in [1.82, 2.24) is 0 Å². The maximum absolute atomic E-state index is 11.0. The molecule has 0 saturated heterocycles. The van der Waals surface area contributed by atoms with Gasteiger partial charge in [-0.3, -0.25) is 0 Å². The van der Waals surface area contributed by atoms with Crippen molar-refractivity contribution in [2.45, 2.75) is 6.42 Å². The van der Waals surface area contributed by atoms with E-state index in [1.807, 2.05) is 24.3 Å². The van der Waals surface area contributed by atoms with Crippen molar-refractivity contribution in [3.63, 3.8) is 0 Å². The van der Waals surface area contributed by atoms with Gasteiger partial charge in [0.05, 0.1) is 12.7 Å². The molecule has 2 aromatic rings. The Morgan fingerprint density at radius 2 is 1.70 bits per heavy atom. The van der Waals surface area contributed by atoms with Gasteiger partial charge < -0.3 is 9.84 Å². The van der Waals surface area contributed by atoms with E-state index in [0.29, 0.717) is 5.56 Å². The van der Waals surface area contributed by atoms with Crippen LogP contribution in [0, 0.1) is 7.14 Å². The van der Waals surface area contributed by atoms with Gasteiger partial charge in [0.25, 0.3) is 0 Å². The maximum Gasteiger partial charge on any atom is 0.335 e. The van der Waals surface area contributed by atoms with Crippen molar-refractivity contribution in [2.24, 2.45) is 0 Å². The lowest BCUT2D eigenvalue weighted by Gasteiger charge is -2.10. The molecule has 0 heterocycles. The standard InChI is InChI=1S/C15H12I2O3/c1-20-11-4-2-9(3-5-11)6-12-13(16)7-10(15(18)19)8-14(12)17/h2-5,7-8H,6H2,1H3,(H,18,19). The zero-order valence-corrected chi connectivity index (χ0v) is 15.0. The molecule has 0 radical (unpaired) electrons. The third-order valence-corrected chi connectivity index (χ3v) is 4.85. The highest BCUT2D eigenvalue weighted by atomic mass is 127. The Hall–Kier alpha value is -0.830. The second kappa shape index (κ2) is 6.75. The number of halogens is 2. The molecule has 0 saturated carbocycles. The number of methoxy groups -OCH3 is 1. The minimum absolute atomic E-state index is 0.331. The molecule has 2 rings (SSSR count). The van der Waals surface area contributed by atoms with E-state index in [-0.39, 0.29) is 0 Å². The fourth-order valence-electron chi connectivity index (χ4n) is 1.84. The second-order valence-corrected chi connectivity index (χ2v) is 6.57. The van der Waals surface area contributed by atoms with Crippen LogP contribution in [0.15, 0.2) is 36.4 Å². The molecule has 0 amide bonds. The number of benzene rings is 2. The molecule has 0 unspecified atom stereocenters. The third kappa shape index (κ3) is 3.63. The van der Waals surface area contributed by atoms with Gasteiger partial charge in [0.2, 0.25) is 0 Å². The van der Waals surface area contributed by atoms with Gasteiger partial charge in [-0.05, 0) is 87.0 Å². The minimum Gasteiger partial charge on any atom is -0.497 e. The van der Waals surface area contributed by atoms with E-state index >= 15 is 0 Å². The normalized spacial score (nSPS) is 10.3. The number of hydrogen-bond donors (Lipinski definition) is 1. The van der Waals surface area contributed by atoms with E-state index in [4.69, 9.17) is 9.84 Å². The average molecular weight is 494 g/mol. The number of carboxylic acids is 1. The average Bonchev–Trinajstić information content (AvgIpc) is 2.43. The van der Waals surface area contributed by atoms with E-state index in [1.165, 1.54) is 5.56 Å². The second-order valence-electron chi connectivity index (χ2n) is 4.25. The summed E-state index contributed by atoms with van der Waals surface area (Å²) in [4.78, 5) is 11.0. The van der Waals surface area contributed by atoms with E-state index < -0.39 is 5.97 Å². The number of carbonyl (C=O) groups is 1. The lowest BCUT2D eigenvalue weighted by molar-refractivity contribution is 0.0696. The Bertz CT molecular complexity index is 613. The van der Waals surface area contributed by atoms with Crippen LogP contribution in [-0.4, -0.2) is 18.2 Å². The van der Waals surface area contributed by atoms with Gasteiger partial charge in [-0.2, -0.15) is 0 Å². The van der Waals surface area contributed by atoms with E-state index in [9.17, 15) is 4.79 Å². The van der Waals surface area contributed by atoms with Crippen LogP contribution in [0.5, 0.6) is 5.75 Å². The first-order valence-corrected chi connectivity index (χ1v) is 8.01. The molecule has 0 fully saturated rings. The lowest BCUT2D eigenvalue weighted by Crippen LogP contribution is -2.02. The molecule has 0 atom stereocenters. The first-order valence-electron chi connectivity index (χ1n) is 5.85. The summed E-state index contributed by atoms with van der Waals surface area (Å²) in [5.74, 6) is -0.0591. The minimum atomic E-state index is -0.892. The zero-order chi connectivity index (χ0) is 14.7. The molecule has 1 N–H and O–H groups in total. The van der Waals surface area contributed by atoms with Crippen LogP contribution in [0.2, 0.25) is 0 Å². The number of carboxylic acid groups (broad SMARTS) is 1. The van der Waals surface area contributed by atoms with E-state index in [2.05, 4.69) is 45.2 Å². The van der Waals surface area contributed by atoms with Crippen molar-refractivity contribution >= 4 is 51.2 Å². The summed E-state index contributed by atoms with van der Waals surface area (Å²) >= 11 is 4.39. The highest BCUT2D eigenvalue weighted by Gasteiger charge is 2.12. The third-order valence-electron chi connectivity index (χ3n) is 2.93. The molecule has 104 valence electrons. The van der Waals surface area contributed by atoms with E-state index in [0.717, 1.165) is 24.9 Å². The van der Waals surface area contributed by atoms with Gasteiger partial charge in [0.1, 0.15) is 5.75 Å². The molecule has 20 heavy (non-hydrogen) atoms. The Kier molecular flexibility index (Phi) is 5.25. The van der Waals surface area contributed by atoms with Crippen molar-refractivity contribution < 1.29 is 14.6 Å². The van der Waals surface area contributed by atoms with Crippen molar-refractivity contribution in [3.05, 3.63) is 60.2 Å². The molecule has 0 spiro atoms. The summed E-state index contributed by atoms with van der Waals surface area (Å²) in [6, 6.07) is 11.3. The Morgan fingerprint density at radius 1 is 1.15 bits per heavy atom. The highest BCUT2D eigenvalue weighted by molar-refractivity contribution is 14.1. The van der Waals surface area contributed by atoms with Crippen LogP contribution < -0.4 is 4.74 Å². The Morgan fingerprint density at radius 3 is 2.15 bits per heavy atom. The van der Waals surface area contributed by atoms with Gasteiger partial charge in [-0.1, -0.05) is 12.1 Å². The largest absolute Gasteiger partial charge is 0.497 e. The topological polar surface area (TPSA) is 46.5 Å². The molecule has 0 aromatic heterocycles. The maximum atomic E-state index is 11.0. The summed E-state index contributed by atoms with van der Waals surface area (Å²) in [7, 11) is 1.64. The van der Waals surface area contributed by atoms with Crippen LogP contribution in [-0.2, 0) is 6.42 Å². The Labute approximate surface area is 144 Å². The van der Waals surface area contributed by atoms with Gasteiger partial charge in [0.15, 0.2) is 0 Å². The van der Waals surface area contributed by atoms with E-state index in [1.54, 1.807) is 19.2 Å². The molecule has 0 bridgehead atoms. The number of aromatic carboxylic acids is 1. The first kappa shape index (κ1) is 15.6. The number of hydrogen-bond acceptors (Lipinski definition) is 2. The Balaban J connectivity index is 2.30. The van der Waals surface area contributed by atoms with Gasteiger partial charge >= 0.3 is 5.97 Å². The predicted molar refractivity (Wildman–Crippen MR) is 94.6 cm³/mol. The molecular weight excluding hydrogens is 482 g/mol. The lowest BCUT2D eigenvalue weighted by atomic mass is 10.0. The van der Waals surface area contributed by atoms with Crippen LogP contribution in [0.25, 0.3) is 0 Å². The first-order chi connectivity index (χ1) is 9.51. The van der Waals surface area contributed by atoms with Crippen LogP contribution in [0.3, 0.4) is 0 Å². The summed E-state index contributed by atoms with van der Waals surface area (Å²) in [6.07, 6.45) is 0.778. The number of rotatable bonds is 4. The molecule has 0 aliphatic rings. The van der Waals surface area contributed by atoms with Crippen molar-refractivity contribution in [1.29, 1.82) is 0 Å². The zero-order valence-electron chi connectivity index (χ0n) is 10.7. The molecule has 2 aromatic carbocycles. The molecule has 0 aliphatic heterocycles. The molecular formula is C15H12I2O3. The van der Waals surface area contributed by atoms with Crippen LogP contribution in [0.1, 0.15) is 21.5 Å². The SMILES string of the molecule is COc1ccc(Cc2c(I)cc(C(=O)O)cc2I)cc1. The summed E-state index contributed by atoms with van der Waals surface area (Å²) in [6.45, 7) is 0. The summed E-state index contributed by atoms with van der Waals surface area (Å²) in [5, 5.41) is 9.05. The molecule has 3 nitrogen and oxygen atoms in total. The van der Waals surface area contributed by atoms with Gasteiger partial charge in [-0.25, -0.2) is 4.79 Å².